The van der Waals surface area contributed by atoms with Crippen molar-refractivity contribution < 1.29 is 9.53 Å². The normalized spacial score (nSPS) is 32.1. The van der Waals surface area contributed by atoms with Gasteiger partial charge in [-0.3, -0.25) is 4.79 Å². The highest BCUT2D eigenvalue weighted by Gasteiger charge is 2.47. The van der Waals surface area contributed by atoms with E-state index < -0.39 is 0 Å². The van der Waals surface area contributed by atoms with Gasteiger partial charge in [-0.15, -0.1) is 0 Å². The van der Waals surface area contributed by atoms with Crippen molar-refractivity contribution in [1.82, 2.24) is 0 Å². The van der Waals surface area contributed by atoms with Gasteiger partial charge in [0.05, 0.1) is 12.0 Å². The number of ether oxygens (including phenoxy) is 1. The third-order valence-electron chi connectivity index (χ3n) is 4.23. The second-order valence-corrected chi connectivity index (χ2v) is 6.11. The van der Waals surface area contributed by atoms with E-state index in [2.05, 4.69) is 32.9 Å². The van der Waals surface area contributed by atoms with Crippen LogP contribution < -0.4 is 0 Å². The van der Waals surface area contributed by atoms with Crippen LogP contribution in [0.15, 0.2) is 12.2 Å². The summed E-state index contributed by atoms with van der Waals surface area (Å²) in [5.41, 5.74) is -0.152. The second kappa shape index (κ2) is 3.90. The molecule has 2 nitrogen and oxygen atoms in total. The van der Waals surface area contributed by atoms with Gasteiger partial charge in [0, 0.05) is 0 Å². The number of allylic oxidation sites excluding steroid dienone is 1. The molecule has 0 aromatic rings. The first-order valence-corrected chi connectivity index (χ1v) is 6.34. The van der Waals surface area contributed by atoms with Crippen LogP contribution in [0.5, 0.6) is 0 Å². The van der Waals surface area contributed by atoms with Crippen molar-refractivity contribution >= 4 is 5.97 Å². The van der Waals surface area contributed by atoms with E-state index in [1.54, 1.807) is 0 Å². The SMILES string of the molecule is CCC(C)(C)COC(=O)C12C=CC(CC1)C2. The first kappa shape index (κ1) is 11.7. The largest absolute Gasteiger partial charge is 0.464 e. The van der Waals surface area contributed by atoms with Crippen LogP contribution in [-0.4, -0.2) is 12.6 Å². The highest BCUT2D eigenvalue weighted by Crippen LogP contribution is 2.49. The zero-order chi connectivity index (χ0) is 11.8. The lowest BCUT2D eigenvalue weighted by Gasteiger charge is -2.26. The Morgan fingerprint density at radius 1 is 1.56 bits per heavy atom. The van der Waals surface area contributed by atoms with Gasteiger partial charge >= 0.3 is 5.97 Å². The van der Waals surface area contributed by atoms with E-state index in [0.717, 1.165) is 25.7 Å². The Balaban J connectivity index is 1.92. The van der Waals surface area contributed by atoms with E-state index in [1.807, 2.05) is 0 Å². The Morgan fingerprint density at radius 3 is 2.75 bits per heavy atom. The molecule has 90 valence electrons. The molecule has 2 aliphatic carbocycles. The highest BCUT2D eigenvalue weighted by atomic mass is 16.5. The quantitative estimate of drug-likeness (QED) is 0.539. The number of carbonyl (C=O) groups excluding carboxylic acids is 1. The zero-order valence-corrected chi connectivity index (χ0v) is 10.6. The molecular weight excluding hydrogens is 200 g/mol. The Kier molecular flexibility index (Phi) is 2.85. The molecule has 2 aliphatic rings. The van der Waals surface area contributed by atoms with Gasteiger partial charge in [0.2, 0.25) is 0 Å². The minimum absolute atomic E-state index is 0.00488. The molecule has 0 saturated heterocycles. The third-order valence-corrected chi connectivity index (χ3v) is 4.23. The average molecular weight is 222 g/mol. The van der Waals surface area contributed by atoms with Crippen molar-refractivity contribution in [3.05, 3.63) is 12.2 Å². The van der Waals surface area contributed by atoms with Crippen molar-refractivity contribution in [2.75, 3.05) is 6.61 Å². The molecule has 1 fully saturated rings. The molecule has 16 heavy (non-hydrogen) atoms. The summed E-state index contributed by atoms with van der Waals surface area (Å²) in [5.74, 6) is 0.636. The lowest BCUT2D eigenvalue weighted by molar-refractivity contribution is -0.155. The molecule has 0 spiro atoms. The summed E-state index contributed by atoms with van der Waals surface area (Å²) in [6.45, 7) is 6.95. The standard InChI is InChI=1S/C14H22O2/c1-4-13(2,3)10-16-12(15)14-7-5-11(9-14)6-8-14/h5,7,11H,4,6,8-10H2,1-3H3. The fourth-order valence-corrected chi connectivity index (χ4v) is 2.51. The van der Waals surface area contributed by atoms with Gasteiger partial charge in [-0.25, -0.2) is 0 Å². The number of esters is 1. The average Bonchev–Trinajstić information content (AvgIpc) is 2.87. The molecule has 2 unspecified atom stereocenters. The van der Waals surface area contributed by atoms with E-state index in [-0.39, 0.29) is 16.8 Å². The minimum Gasteiger partial charge on any atom is -0.464 e. The van der Waals surface area contributed by atoms with Crippen LogP contribution in [0.3, 0.4) is 0 Å². The predicted octanol–water partition coefficient (Wildman–Crippen LogP) is 3.32. The molecule has 0 aliphatic heterocycles. The lowest BCUT2D eigenvalue weighted by Crippen LogP contribution is -2.30. The molecule has 2 atom stereocenters. The van der Waals surface area contributed by atoms with Crippen molar-refractivity contribution in [2.45, 2.75) is 46.5 Å². The maximum absolute atomic E-state index is 12.1. The molecule has 2 bridgehead atoms. The molecule has 2 rings (SSSR count). The molecule has 0 N–H and O–H groups in total. The Morgan fingerprint density at radius 2 is 2.31 bits per heavy atom. The van der Waals surface area contributed by atoms with Crippen LogP contribution in [0, 0.1) is 16.7 Å². The van der Waals surface area contributed by atoms with E-state index >= 15 is 0 Å². The van der Waals surface area contributed by atoms with Gasteiger partial charge < -0.3 is 4.74 Å². The zero-order valence-electron chi connectivity index (χ0n) is 10.6. The van der Waals surface area contributed by atoms with Gasteiger partial charge in [-0.05, 0) is 37.0 Å². The van der Waals surface area contributed by atoms with E-state index in [1.165, 1.54) is 0 Å². The summed E-state index contributed by atoms with van der Waals surface area (Å²) in [6, 6.07) is 0. The van der Waals surface area contributed by atoms with E-state index in [0.29, 0.717) is 12.5 Å². The maximum atomic E-state index is 12.1. The maximum Gasteiger partial charge on any atom is 0.315 e. The molecular formula is C14H22O2. The van der Waals surface area contributed by atoms with E-state index in [9.17, 15) is 4.79 Å². The highest BCUT2D eigenvalue weighted by molar-refractivity contribution is 5.80. The number of fused-ring (bicyclic) bond motifs is 2. The van der Waals surface area contributed by atoms with Crippen LogP contribution in [0.1, 0.15) is 46.5 Å². The topological polar surface area (TPSA) is 26.3 Å². The summed E-state index contributed by atoms with van der Waals surface area (Å²) < 4.78 is 5.51. The van der Waals surface area contributed by atoms with Crippen LogP contribution in [0.2, 0.25) is 0 Å². The van der Waals surface area contributed by atoms with Gasteiger partial charge in [0.25, 0.3) is 0 Å². The molecule has 1 saturated carbocycles. The van der Waals surface area contributed by atoms with Gasteiger partial charge in [0.15, 0.2) is 0 Å². The molecule has 0 aromatic heterocycles. The summed E-state index contributed by atoms with van der Waals surface area (Å²) in [5, 5.41) is 0. The van der Waals surface area contributed by atoms with Crippen molar-refractivity contribution in [2.24, 2.45) is 16.7 Å². The van der Waals surface area contributed by atoms with Gasteiger partial charge in [0.1, 0.15) is 0 Å². The van der Waals surface area contributed by atoms with Crippen LogP contribution in [-0.2, 0) is 9.53 Å². The Hall–Kier alpha value is -0.790. The molecule has 0 aromatic carbocycles. The predicted molar refractivity (Wildman–Crippen MR) is 63.9 cm³/mol. The monoisotopic (exact) mass is 222 g/mol. The van der Waals surface area contributed by atoms with Crippen molar-refractivity contribution in [3.63, 3.8) is 0 Å². The Bertz CT molecular complexity index is 317. The number of hydrogen-bond acceptors (Lipinski definition) is 2. The summed E-state index contributed by atoms with van der Waals surface area (Å²) in [7, 11) is 0. The molecule has 2 heteroatoms. The summed E-state index contributed by atoms with van der Waals surface area (Å²) in [6.07, 6.45) is 8.44. The first-order valence-electron chi connectivity index (χ1n) is 6.34. The fraction of sp³-hybridized carbons (Fsp3) is 0.786. The number of rotatable bonds is 4. The molecule has 0 radical (unpaired) electrons. The number of carbonyl (C=O) groups is 1. The second-order valence-electron chi connectivity index (χ2n) is 6.11. The number of hydrogen-bond donors (Lipinski definition) is 0. The fourth-order valence-electron chi connectivity index (χ4n) is 2.51. The van der Waals surface area contributed by atoms with Crippen molar-refractivity contribution in [3.8, 4) is 0 Å². The lowest BCUT2D eigenvalue weighted by atomic mass is 9.87. The molecule has 0 heterocycles. The minimum atomic E-state index is -0.255. The van der Waals surface area contributed by atoms with Gasteiger partial charge in [-0.2, -0.15) is 0 Å². The third kappa shape index (κ3) is 2.02. The Labute approximate surface area is 98.1 Å². The summed E-state index contributed by atoms with van der Waals surface area (Å²) >= 11 is 0. The van der Waals surface area contributed by atoms with Crippen LogP contribution in [0.25, 0.3) is 0 Å². The van der Waals surface area contributed by atoms with Gasteiger partial charge in [-0.1, -0.05) is 32.9 Å². The summed E-state index contributed by atoms with van der Waals surface area (Å²) in [4.78, 5) is 12.1. The van der Waals surface area contributed by atoms with E-state index in [4.69, 9.17) is 4.74 Å². The van der Waals surface area contributed by atoms with Crippen LogP contribution in [0.4, 0.5) is 0 Å². The smallest absolute Gasteiger partial charge is 0.315 e. The first-order chi connectivity index (χ1) is 7.47. The van der Waals surface area contributed by atoms with Crippen LogP contribution >= 0.6 is 0 Å². The molecule has 0 amide bonds. The van der Waals surface area contributed by atoms with Crippen molar-refractivity contribution in [1.29, 1.82) is 0 Å².